The molecule has 0 aromatic heterocycles. The minimum absolute atomic E-state index is 0.0779. The molecule has 4 amide bonds. The van der Waals surface area contributed by atoms with Crippen molar-refractivity contribution in [2.45, 2.75) is 31.0 Å². The minimum Gasteiger partial charge on any atom is -0.313 e. The number of nitrogens with zero attached hydrogens (tertiary/aromatic N) is 2. The number of hydrogen-bond acceptors (Lipinski definition) is 8. The molecule has 14 heteroatoms. The summed E-state index contributed by atoms with van der Waals surface area (Å²) >= 11 is 0. The maximum absolute atomic E-state index is 12.3. The lowest BCUT2D eigenvalue weighted by Gasteiger charge is -2.29. The van der Waals surface area contributed by atoms with Crippen molar-refractivity contribution >= 4 is 28.2 Å². The number of hydroxylamine groups is 2. The van der Waals surface area contributed by atoms with Crippen molar-refractivity contribution in [2.75, 3.05) is 26.2 Å². The molecule has 2 bridgehead atoms. The fourth-order valence-corrected chi connectivity index (χ4v) is 3.62. The van der Waals surface area contributed by atoms with Crippen LogP contribution in [0.25, 0.3) is 0 Å². The second-order valence-corrected chi connectivity index (χ2v) is 7.20. The third-order valence-electron chi connectivity index (χ3n) is 4.47. The molecule has 3 atom stereocenters. The fourth-order valence-electron chi connectivity index (χ4n) is 3.24. The van der Waals surface area contributed by atoms with Crippen LogP contribution in [0.2, 0.25) is 0 Å². The van der Waals surface area contributed by atoms with Crippen LogP contribution >= 0.6 is 0 Å². The van der Waals surface area contributed by atoms with Crippen molar-refractivity contribution in [1.29, 1.82) is 0 Å². The molecule has 3 heterocycles. The molecule has 3 aliphatic rings. The summed E-state index contributed by atoms with van der Waals surface area (Å²) in [6.45, 7) is 1.88. The van der Waals surface area contributed by atoms with Gasteiger partial charge in [-0.3, -0.25) is 25.0 Å². The number of hydrogen-bond donors (Lipinski definition) is 5. The maximum atomic E-state index is 12.3. The molecule has 146 valence electrons. The number of rotatable bonds is 4. The van der Waals surface area contributed by atoms with Crippen LogP contribution in [0.15, 0.2) is 0 Å². The van der Waals surface area contributed by atoms with E-state index in [4.69, 9.17) is 4.55 Å². The van der Waals surface area contributed by atoms with Crippen molar-refractivity contribution in [3.05, 3.63) is 0 Å². The first-order chi connectivity index (χ1) is 12.3. The SMILES string of the molecule is O=C(NNC(=O)[C@@H]1CC[C@H]2CN1C(=O)N2OS(=O)(=O)O)[C@H]1CNCCN1. The van der Waals surface area contributed by atoms with E-state index in [1.807, 2.05) is 0 Å². The molecule has 0 aliphatic carbocycles. The van der Waals surface area contributed by atoms with Gasteiger partial charge in [-0.1, -0.05) is 0 Å². The number of hydrazine groups is 1. The van der Waals surface area contributed by atoms with Crippen molar-refractivity contribution in [1.82, 2.24) is 31.4 Å². The molecule has 0 radical (unpaired) electrons. The molecule has 3 aliphatic heterocycles. The number of fused-ring (bicyclic) bond motifs is 2. The quantitative estimate of drug-likeness (QED) is 0.243. The zero-order valence-electron chi connectivity index (χ0n) is 13.7. The van der Waals surface area contributed by atoms with Gasteiger partial charge in [-0.05, 0) is 12.8 Å². The summed E-state index contributed by atoms with van der Waals surface area (Å²) in [4.78, 5) is 37.7. The zero-order chi connectivity index (χ0) is 18.9. The van der Waals surface area contributed by atoms with E-state index in [0.29, 0.717) is 24.6 Å². The van der Waals surface area contributed by atoms with Crippen LogP contribution in [0.5, 0.6) is 0 Å². The van der Waals surface area contributed by atoms with E-state index in [9.17, 15) is 22.8 Å². The highest BCUT2D eigenvalue weighted by Gasteiger charge is 2.49. The van der Waals surface area contributed by atoms with Gasteiger partial charge in [-0.2, -0.15) is 13.5 Å². The number of carbonyl (C=O) groups excluding carboxylic acids is 3. The van der Waals surface area contributed by atoms with Gasteiger partial charge in [0, 0.05) is 26.2 Å². The molecule has 0 spiro atoms. The van der Waals surface area contributed by atoms with Gasteiger partial charge in [-0.15, -0.1) is 4.28 Å². The maximum Gasteiger partial charge on any atom is 0.418 e. The second kappa shape index (κ2) is 7.32. The van der Waals surface area contributed by atoms with Crippen LogP contribution in [-0.4, -0.2) is 85.1 Å². The Labute approximate surface area is 149 Å². The van der Waals surface area contributed by atoms with E-state index >= 15 is 0 Å². The van der Waals surface area contributed by atoms with Crippen molar-refractivity contribution in [3.63, 3.8) is 0 Å². The Hall–Kier alpha value is -2.00. The molecule has 0 aromatic rings. The van der Waals surface area contributed by atoms with E-state index in [0.717, 1.165) is 11.4 Å². The van der Waals surface area contributed by atoms with Gasteiger partial charge in [0.2, 0.25) is 0 Å². The normalized spacial score (nSPS) is 28.8. The van der Waals surface area contributed by atoms with E-state index in [-0.39, 0.29) is 13.0 Å². The Morgan fingerprint density at radius 1 is 1.19 bits per heavy atom. The fraction of sp³-hybridized carbons (Fsp3) is 0.750. The summed E-state index contributed by atoms with van der Waals surface area (Å²) in [5, 5.41) is 6.58. The van der Waals surface area contributed by atoms with E-state index in [1.54, 1.807) is 0 Å². The first-order valence-corrected chi connectivity index (χ1v) is 9.43. The Morgan fingerprint density at radius 3 is 2.58 bits per heavy atom. The Morgan fingerprint density at radius 2 is 1.92 bits per heavy atom. The lowest BCUT2D eigenvalue weighted by Crippen LogP contribution is -2.60. The lowest BCUT2D eigenvalue weighted by atomic mass is 10.0. The van der Waals surface area contributed by atoms with Crippen LogP contribution in [-0.2, 0) is 24.3 Å². The van der Waals surface area contributed by atoms with E-state index < -0.39 is 46.4 Å². The molecular formula is C12H20N6O7S. The Bertz CT molecular complexity index is 694. The van der Waals surface area contributed by atoms with E-state index in [2.05, 4.69) is 25.8 Å². The zero-order valence-corrected chi connectivity index (χ0v) is 14.5. The number of piperazine rings is 1. The number of amides is 4. The summed E-state index contributed by atoms with van der Waals surface area (Å²) in [6, 6.07) is -2.78. The van der Waals surface area contributed by atoms with Gasteiger partial charge >= 0.3 is 16.4 Å². The smallest absolute Gasteiger partial charge is 0.313 e. The number of piperidine rings is 1. The highest BCUT2D eigenvalue weighted by molar-refractivity contribution is 7.80. The lowest BCUT2D eigenvalue weighted by molar-refractivity contribution is -0.132. The van der Waals surface area contributed by atoms with Gasteiger partial charge in [0.1, 0.15) is 12.1 Å². The molecule has 0 saturated carbocycles. The average molecular weight is 392 g/mol. The predicted octanol–water partition coefficient (Wildman–Crippen LogP) is -3.30. The highest BCUT2D eigenvalue weighted by Crippen LogP contribution is 2.30. The van der Waals surface area contributed by atoms with Crippen LogP contribution < -0.4 is 21.5 Å². The van der Waals surface area contributed by atoms with Crippen molar-refractivity contribution in [2.24, 2.45) is 0 Å². The highest BCUT2D eigenvalue weighted by atomic mass is 32.3. The summed E-state index contributed by atoms with van der Waals surface area (Å²) in [6.07, 6.45) is 0.560. The summed E-state index contributed by atoms with van der Waals surface area (Å²) in [7, 11) is -4.84. The van der Waals surface area contributed by atoms with Crippen molar-refractivity contribution < 1.29 is 31.6 Å². The summed E-state index contributed by atoms with van der Waals surface area (Å²) in [5.74, 6) is -1.01. The molecule has 3 fully saturated rings. The molecule has 0 unspecified atom stereocenters. The van der Waals surface area contributed by atoms with Gasteiger partial charge < -0.3 is 15.5 Å². The molecule has 26 heavy (non-hydrogen) atoms. The molecule has 0 aromatic carbocycles. The van der Waals surface area contributed by atoms with Gasteiger partial charge in [-0.25, -0.2) is 4.79 Å². The second-order valence-electron chi connectivity index (χ2n) is 6.20. The Kier molecular flexibility index (Phi) is 5.29. The summed E-state index contributed by atoms with van der Waals surface area (Å²) in [5.41, 5.74) is 4.60. The molecule has 5 N–H and O–H groups in total. The molecular weight excluding hydrogens is 372 g/mol. The summed E-state index contributed by atoms with van der Waals surface area (Å²) < 4.78 is 34.7. The predicted molar refractivity (Wildman–Crippen MR) is 84.3 cm³/mol. The third kappa shape index (κ3) is 4.04. The number of carbonyl (C=O) groups is 3. The van der Waals surface area contributed by atoms with Gasteiger partial charge in [0.25, 0.3) is 11.8 Å². The van der Waals surface area contributed by atoms with Gasteiger partial charge in [0.05, 0.1) is 6.04 Å². The Balaban J connectivity index is 1.56. The van der Waals surface area contributed by atoms with Crippen molar-refractivity contribution in [3.8, 4) is 0 Å². The topological polar surface area (TPSA) is 169 Å². The largest absolute Gasteiger partial charge is 0.418 e. The van der Waals surface area contributed by atoms with Crippen LogP contribution in [0, 0.1) is 0 Å². The van der Waals surface area contributed by atoms with Gasteiger partial charge in [0.15, 0.2) is 0 Å². The molecule has 3 rings (SSSR count). The number of nitrogens with one attached hydrogen (secondary N) is 4. The number of urea groups is 1. The average Bonchev–Trinajstić information content (AvgIpc) is 2.84. The first kappa shape index (κ1) is 18.8. The van der Waals surface area contributed by atoms with E-state index in [1.165, 1.54) is 0 Å². The molecule has 3 saturated heterocycles. The van der Waals surface area contributed by atoms with Crippen LogP contribution in [0.3, 0.4) is 0 Å². The van der Waals surface area contributed by atoms with Crippen LogP contribution in [0.1, 0.15) is 12.8 Å². The molecule has 13 nitrogen and oxygen atoms in total. The minimum atomic E-state index is -4.84. The third-order valence-corrected chi connectivity index (χ3v) is 4.82. The monoisotopic (exact) mass is 392 g/mol. The van der Waals surface area contributed by atoms with Crippen LogP contribution in [0.4, 0.5) is 4.79 Å². The first-order valence-electron chi connectivity index (χ1n) is 8.07. The standard InChI is InChI=1S/C12H20N6O7S/c19-10(8-5-13-3-4-14-8)15-16-11(20)9-2-1-7-6-17(9)12(21)18(7)25-26(22,23)24/h7-9,13-14H,1-6H2,(H,15,19)(H,16,20)(H,22,23,24)/t7-,8+,9-/m0/s1.